The van der Waals surface area contributed by atoms with Gasteiger partial charge in [-0.1, -0.05) is 12.1 Å². The second-order valence-corrected chi connectivity index (χ2v) is 11.6. The van der Waals surface area contributed by atoms with E-state index in [0.717, 1.165) is 5.52 Å². The maximum Gasteiger partial charge on any atom is 0.245 e. The predicted molar refractivity (Wildman–Crippen MR) is 141 cm³/mol. The van der Waals surface area contributed by atoms with Crippen LogP contribution < -0.4 is 14.9 Å². The lowest BCUT2D eigenvalue weighted by molar-refractivity contribution is 0.122. The summed E-state index contributed by atoms with van der Waals surface area (Å²) in [5.41, 5.74) is 2.56. The van der Waals surface area contributed by atoms with E-state index in [2.05, 4.69) is 20.1 Å². The number of morpholine rings is 1. The maximum atomic E-state index is 14.8. The zero-order valence-electron chi connectivity index (χ0n) is 20.9. The molecule has 11 heteroatoms. The summed E-state index contributed by atoms with van der Waals surface area (Å²) in [5, 5.41) is 7.64. The smallest absolute Gasteiger partial charge is 0.245 e. The van der Waals surface area contributed by atoms with Gasteiger partial charge < -0.3 is 15.0 Å². The van der Waals surface area contributed by atoms with Crippen molar-refractivity contribution in [3.8, 4) is 11.3 Å². The first-order valence-corrected chi connectivity index (χ1v) is 13.5. The summed E-state index contributed by atoms with van der Waals surface area (Å²) < 4.78 is 50.2. The molecular weight excluding hydrogens is 495 g/mol. The van der Waals surface area contributed by atoms with Gasteiger partial charge >= 0.3 is 0 Å². The van der Waals surface area contributed by atoms with Crippen molar-refractivity contribution in [1.82, 2.24) is 19.3 Å². The van der Waals surface area contributed by atoms with E-state index >= 15 is 0 Å². The minimum absolute atomic E-state index is 0.165. The van der Waals surface area contributed by atoms with Crippen LogP contribution in [0.1, 0.15) is 20.8 Å². The molecule has 37 heavy (non-hydrogen) atoms. The molecule has 3 heterocycles. The van der Waals surface area contributed by atoms with Crippen molar-refractivity contribution in [2.75, 3.05) is 36.5 Å². The summed E-state index contributed by atoms with van der Waals surface area (Å²) in [4.78, 5) is 6.48. The molecule has 1 aliphatic heterocycles. The summed E-state index contributed by atoms with van der Waals surface area (Å²) in [6.45, 7) is 7.83. The summed E-state index contributed by atoms with van der Waals surface area (Å²) >= 11 is 0. The summed E-state index contributed by atoms with van der Waals surface area (Å²) in [6, 6.07) is 15.4. The van der Waals surface area contributed by atoms with E-state index in [1.54, 1.807) is 61.8 Å². The Labute approximate surface area is 215 Å². The van der Waals surface area contributed by atoms with Gasteiger partial charge in [0.25, 0.3) is 0 Å². The van der Waals surface area contributed by atoms with Gasteiger partial charge in [0.05, 0.1) is 41.2 Å². The van der Waals surface area contributed by atoms with Crippen molar-refractivity contribution < 1.29 is 17.5 Å². The molecule has 194 valence electrons. The van der Waals surface area contributed by atoms with Gasteiger partial charge in [-0.3, -0.25) is 0 Å². The number of rotatable bonds is 6. The van der Waals surface area contributed by atoms with E-state index in [-0.39, 0.29) is 16.7 Å². The van der Waals surface area contributed by atoms with Gasteiger partial charge in [0, 0.05) is 29.9 Å². The Morgan fingerprint density at radius 1 is 1.03 bits per heavy atom. The molecule has 5 rings (SSSR count). The van der Waals surface area contributed by atoms with Crippen molar-refractivity contribution in [3.63, 3.8) is 0 Å². The number of sulfonamides is 1. The molecule has 9 nitrogen and oxygen atoms in total. The van der Waals surface area contributed by atoms with E-state index < -0.39 is 15.6 Å². The maximum absolute atomic E-state index is 14.8. The van der Waals surface area contributed by atoms with Gasteiger partial charge in [-0.05, 0) is 63.2 Å². The minimum atomic E-state index is -3.70. The molecule has 0 radical (unpaired) electrons. The Morgan fingerprint density at radius 2 is 1.81 bits per heavy atom. The standard InChI is InChI=1S/C26H29FN6O3S/c1-26(2,3)31-37(34,35)21-6-4-5-18(15-21)23-10-8-20-17-28-25(30-33(20)23)29-19-7-9-24(22(27)16-19)32-11-13-36-14-12-32/h4-10,15-17,31H,11-14H2,1-3H3,(H,29,30). The molecule has 0 saturated carbocycles. The average Bonchev–Trinajstić information content (AvgIpc) is 3.27. The van der Waals surface area contributed by atoms with Gasteiger partial charge in [0.1, 0.15) is 5.82 Å². The fourth-order valence-electron chi connectivity index (χ4n) is 4.24. The fraction of sp³-hybridized carbons (Fsp3) is 0.308. The summed E-state index contributed by atoms with van der Waals surface area (Å²) in [5.74, 6) is -0.0573. The first kappa shape index (κ1) is 25.1. The van der Waals surface area contributed by atoms with Crippen LogP contribution in [0, 0.1) is 5.82 Å². The Bertz CT molecular complexity index is 1540. The van der Waals surface area contributed by atoms with E-state index in [1.807, 2.05) is 23.1 Å². The normalized spacial score (nSPS) is 14.8. The van der Waals surface area contributed by atoms with Crippen molar-refractivity contribution in [2.45, 2.75) is 31.2 Å². The van der Waals surface area contributed by atoms with Crippen LogP contribution >= 0.6 is 0 Å². The average molecular weight is 525 g/mol. The van der Waals surface area contributed by atoms with E-state index in [1.165, 1.54) is 6.07 Å². The number of nitrogens with one attached hydrogen (secondary N) is 2. The lowest BCUT2D eigenvalue weighted by Crippen LogP contribution is -2.40. The topological polar surface area (TPSA) is 101 Å². The summed E-state index contributed by atoms with van der Waals surface area (Å²) in [6.07, 6.45) is 1.65. The van der Waals surface area contributed by atoms with Crippen molar-refractivity contribution in [2.24, 2.45) is 0 Å². The molecule has 0 amide bonds. The van der Waals surface area contributed by atoms with Crippen LogP contribution in [0.4, 0.5) is 21.7 Å². The number of ether oxygens (including phenoxy) is 1. The number of hydrogen-bond acceptors (Lipinski definition) is 7. The quantitative estimate of drug-likeness (QED) is 0.390. The third-order valence-electron chi connectivity index (χ3n) is 5.83. The molecule has 2 aromatic carbocycles. The van der Waals surface area contributed by atoms with Crippen molar-refractivity contribution in [3.05, 3.63) is 66.6 Å². The largest absolute Gasteiger partial charge is 0.378 e. The van der Waals surface area contributed by atoms with E-state index in [9.17, 15) is 12.8 Å². The molecule has 0 aliphatic carbocycles. The Kier molecular flexibility index (Phi) is 6.61. The van der Waals surface area contributed by atoms with E-state index in [0.29, 0.717) is 48.9 Å². The number of benzene rings is 2. The van der Waals surface area contributed by atoms with Gasteiger partial charge in [-0.15, -0.1) is 5.10 Å². The van der Waals surface area contributed by atoms with Gasteiger partial charge in [0.15, 0.2) is 0 Å². The van der Waals surface area contributed by atoms with Crippen LogP contribution in [-0.2, 0) is 14.8 Å². The number of aromatic nitrogens is 3. The fourth-order valence-corrected chi connectivity index (χ4v) is 5.70. The van der Waals surface area contributed by atoms with E-state index in [4.69, 9.17) is 4.74 Å². The highest BCUT2D eigenvalue weighted by Crippen LogP contribution is 2.27. The van der Waals surface area contributed by atoms with Crippen LogP contribution in [0.25, 0.3) is 16.8 Å². The van der Waals surface area contributed by atoms with Crippen LogP contribution in [0.2, 0.25) is 0 Å². The van der Waals surface area contributed by atoms with Crippen LogP contribution in [0.3, 0.4) is 0 Å². The van der Waals surface area contributed by atoms with Crippen molar-refractivity contribution >= 4 is 32.9 Å². The number of fused-ring (bicyclic) bond motifs is 1. The molecule has 0 atom stereocenters. The molecule has 0 unspecified atom stereocenters. The zero-order valence-corrected chi connectivity index (χ0v) is 21.7. The number of anilines is 3. The second kappa shape index (κ2) is 9.73. The first-order chi connectivity index (χ1) is 17.6. The molecular formula is C26H29FN6O3S. The molecule has 1 saturated heterocycles. The number of hydrogen-bond donors (Lipinski definition) is 2. The zero-order chi connectivity index (χ0) is 26.2. The number of nitrogens with zero attached hydrogens (tertiary/aromatic N) is 4. The van der Waals surface area contributed by atoms with Crippen molar-refractivity contribution in [1.29, 1.82) is 0 Å². The molecule has 0 bridgehead atoms. The first-order valence-electron chi connectivity index (χ1n) is 12.0. The lowest BCUT2D eigenvalue weighted by Gasteiger charge is -2.29. The SMILES string of the molecule is CC(C)(C)NS(=O)(=O)c1cccc(-c2ccc3cnc(Nc4ccc(N5CCOCC5)c(F)c4)nn23)c1. The van der Waals surface area contributed by atoms with Crippen LogP contribution in [0.15, 0.2) is 65.7 Å². The van der Waals surface area contributed by atoms with Gasteiger partial charge in [0.2, 0.25) is 16.0 Å². The highest BCUT2D eigenvalue weighted by atomic mass is 32.2. The minimum Gasteiger partial charge on any atom is -0.378 e. The number of halogens is 1. The Balaban J connectivity index is 1.42. The lowest BCUT2D eigenvalue weighted by atomic mass is 10.1. The molecule has 1 fully saturated rings. The van der Waals surface area contributed by atoms with Gasteiger partial charge in [-0.2, -0.15) is 0 Å². The molecule has 1 aliphatic rings. The van der Waals surface area contributed by atoms with Crippen LogP contribution in [-0.4, -0.2) is 54.9 Å². The highest BCUT2D eigenvalue weighted by molar-refractivity contribution is 7.89. The van der Waals surface area contributed by atoms with Gasteiger partial charge in [-0.25, -0.2) is 27.0 Å². The Hall–Kier alpha value is -3.54. The monoisotopic (exact) mass is 524 g/mol. The molecule has 0 spiro atoms. The summed E-state index contributed by atoms with van der Waals surface area (Å²) in [7, 11) is -3.70. The second-order valence-electron chi connectivity index (χ2n) is 9.91. The molecule has 4 aromatic rings. The van der Waals surface area contributed by atoms with Crippen LogP contribution in [0.5, 0.6) is 0 Å². The predicted octanol–water partition coefficient (Wildman–Crippen LogP) is 4.19. The molecule has 2 aromatic heterocycles. The Morgan fingerprint density at radius 3 is 2.54 bits per heavy atom. The third-order valence-corrected chi connectivity index (χ3v) is 7.59. The third kappa shape index (κ3) is 5.58. The molecule has 2 N–H and O–H groups in total. The highest BCUT2D eigenvalue weighted by Gasteiger charge is 2.23.